The van der Waals surface area contributed by atoms with Crippen molar-refractivity contribution in [1.82, 2.24) is 4.57 Å². The van der Waals surface area contributed by atoms with Crippen molar-refractivity contribution in [2.24, 2.45) is 0 Å². The second kappa shape index (κ2) is 7.64. The molecule has 7 heteroatoms. The first-order valence-corrected chi connectivity index (χ1v) is 9.71. The number of ether oxygens (including phenoxy) is 2. The topological polar surface area (TPSA) is 40.5 Å². The van der Waals surface area contributed by atoms with Crippen molar-refractivity contribution in [3.05, 3.63) is 69.3 Å². The summed E-state index contributed by atoms with van der Waals surface area (Å²) in [5.74, 6) is -1.40. The van der Waals surface area contributed by atoms with Gasteiger partial charge < -0.3 is 14.0 Å². The lowest BCUT2D eigenvalue weighted by atomic mass is 10.1. The van der Waals surface area contributed by atoms with Gasteiger partial charge in [-0.3, -0.25) is 0 Å². The van der Waals surface area contributed by atoms with E-state index in [0.29, 0.717) is 12.1 Å². The molecule has 3 aromatic rings. The van der Waals surface area contributed by atoms with Crippen LogP contribution in [0.3, 0.4) is 0 Å². The summed E-state index contributed by atoms with van der Waals surface area (Å²) in [6.45, 7) is 1.31. The predicted octanol–water partition coefficient (Wildman–Crippen LogP) is 4.85. The fourth-order valence-electron chi connectivity index (χ4n) is 3.45. The van der Waals surface area contributed by atoms with Gasteiger partial charge in [-0.1, -0.05) is 6.07 Å². The van der Waals surface area contributed by atoms with Gasteiger partial charge in [0, 0.05) is 30.8 Å². The minimum atomic E-state index is -0.505. The average molecular weight is 450 g/mol. The number of methoxy groups -OCH3 is 1. The first kappa shape index (κ1) is 19.1. The van der Waals surface area contributed by atoms with E-state index in [1.54, 1.807) is 12.1 Å². The molecule has 0 amide bonds. The van der Waals surface area contributed by atoms with Gasteiger partial charge in [-0.2, -0.15) is 0 Å². The Kier molecular flexibility index (Phi) is 5.21. The van der Waals surface area contributed by atoms with E-state index in [1.165, 1.54) is 13.2 Å². The van der Waals surface area contributed by atoms with Crippen LogP contribution in [0.2, 0.25) is 0 Å². The normalized spacial score (nSPS) is 16.2. The highest BCUT2D eigenvalue weighted by molar-refractivity contribution is 9.10. The SMILES string of the molecule is COC(=O)c1ccc2cc(Cc3cc(F)c(Br)cc3F)n(C[C@@H]3CCO3)c2c1. The largest absolute Gasteiger partial charge is 0.465 e. The molecular weight excluding hydrogens is 432 g/mol. The van der Waals surface area contributed by atoms with E-state index in [2.05, 4.69) is 15.9 Å². The second-order valence-electron chi connectivity index (χ2n) is 6.83. The molecule has 0 aliphatic carbocycles. The summed E-state index contributed by atoms with van der Waals surface area (Å²) in [5, 5.41) is 0.917. The van der Waals surface area contributed by atoms with Gasteiger partial charge in [0.25, 0.3) is 0 Å². The molecule has 4 nitrogen and oxygen atoms in total. The third-order valence-corrected chi connectivity index (χ3v) is 5.66. The standard InChI is InChI=1S/C21H18BrF2NO3/c1-27-21(26)13-3-2-12-6-15(7-14-8-19(24)17(22)10-18(14)23)25(20(12)9-13)11-16-4-5-28-16/h2-3,6,8-10,16H,4-5,7,11H2,1H3/t16-/m0/s1. The van der Waals surface area contributed by atoms with Crippen molar-refractivity contribution in [3.8, 4) is 0 Å². The van der Waals surface area contributed by atoms with E-state index in [-0.39, 0.29) is 22.6 Å². The summed E-state index contributed by atoms with van der Waals surface area (Å²) in [5.41, 5.74) is 2.38. The second-order valence-corrected chi connectivity index (χ2v) is 7.68. The maximum atomic E-state index is 14.4. The molecule has 0 unspecified atom stereocenters. The van der Waals surface area contributed by atoms with E-state index in [4.69, 9.17) is 9.47 Å². The van der Waals surface area contributed by atoms with Crippen LogP contribution in [0.4, 0.5) is 8.78 Å². The quantitative estimate of drug-likeness (QED) is 0.412. The van der Waals surface area contributed by atoms with Crippen molar-refractivity contribution in [2.45, 2.75) is 25.5 Å². The number of esters is 1. The van der Waals surface area contributed by atoms with Crippen molar-refractivity contribution in [2.75, 3.05) is 13.7 Å². The van der Waals surface area contributed by atoms with Gasteiger partial charge in [0.05, 0.1) is 23.2 Å². The lowest BCUT2D eigenvalue weighted by Crippen LogP contribution is -2.31. The van der Waals surface area contributed by atoms with E-state index in [9.17, 15) is 13.6 Å². The summed E-state index contributed by atoms with van der Waals surface area (Å²) >= 11 is 3.01. The van der Waals surface area contributed by atoms with Crippen molar-refractivity contribution < 1.29 is 23.0 Å². The van der Waals surface area contributed by atoms with Crippen LogP contribution >= 0.6 is 15.9 Å². The Labute approximate surface area is 169 Å². The molecule has 0 spiro atoms. The minimum Gasteiger partial charge on any atom is -0.465 e. The average Bonchev–Trinajstić information content (AvgIpc) is 2.98. The molecule has 2 heterocycles. The highest BCUT2D eigenvalue weighted by Gasteiger charge is 2.22. The van der Waals surface area contributed by atoms with Crippen molar-refractivity contribution in [3.63, 3.8) is 0 Å². The summed E-state index contributed by atoms with van der Waals surface area (Å²) in [4.78, 5) is 11.9. The lowest BCUT2D eigenvalue weighted by Gasteiger charge is -2.28. The minimum absolute atomic E-state index is 0.0719. The monoisotopic (exact) mass is 449 g/mol. The number of aromatic nitrogens is 1. The van der Waals surface area contributed by atoms with Gasteiger partial charge in [0.2, 0.25) is 0 Å². The van der Waals surface area contributed by atoms with E-state index in [0.717, 1.165) is 35.7 Å². The third-order valence-electron chi connectivity index (χ3n) is 5.05. The zero-order valence-corrected chi connectivity index (χ0v) is 16.8. The Hall–Kier alpha value is -2.25. The van der Waals surface area contributed by atoms with E-state index < -0.39 is 17.6 Å². The smallest absolute Gasteiger partial charge is 0.337 e. The Bertz CT molecular complexity index is 1060. The van der Waals surface area contributed by atoms with E-state index >= 15 is 0 Å². The number of rotatable bonds is 5. The summed E-state index contributed by atoms with van der Waals surface area (Å²) in [6.07, 6.45) is 1.24. The van der Waals surface area contributed by atoms with Gasteiger partial charge >= 0.3 is 5.97 Å². The highest BCUT2D eigenvalue weighted by atomic mass is 79.9. The Morgan fingerprint density at radius 2 is 2.04 bits per heavy atom. The van der Waals surface area contributed by atoms with Crippen LogP contribution in [0.1, 0.15) is 28.0 Å². The Balaban J connectivity index is 1.79. The van der Waals surface area contributed by atoms with Crippen LogP contribution in [0, 0.1) is 11.6 Å². The maximum Gasteiger partial charge on any atom is 0.337 e. The molecule has 1 fully saturated rings. The molecule has 1 aromatic heterocycles. The van der Waals surface area contributed by atoms with Gasteiger partial charge in [-0.15, -0.1) is 0 Å². The number of hydrogen-bond donors (Lipinski definition) is 0. The van der Waals surface area contributed by atoms with Crippen LogP contribution in [-0.4, -0.2) is 30.4 Å². The molecule has 1 atom stereocenters. The molecule has 1 aliphatic rings. The van der Waals surface area contributed by atoms with Crippen LogP contribution in [0.15, 0.2) is 40.9 Å². The molecule has 0 N–H and O–H groups in total. The fraction of sp³-hybridized carbons (Fsp3) is 0.286. The molecule has 4 rings (SSSR count). The fourth-order valence-corrected chi connectivity index (χ4v) is 3.76. The highest BCUT2D eigenvalue weighted by Crippen LogP contribution is 2.28. The van der Waals surface area contributed by atoms with E-state index in [1.807, 2.05) is 16.7 Å². The first-order chi connectivity index (χ1) is 13.5. The number of halogens is 3. The molecule has 2 aromatic carbocycles. The van der Waals surface area contributed by atoms with Crippen molar-refractivity contribution in [1.29, 1.82) is 0 Å². The number of benzene rings is 2. The molecule has 1 saturated heterocycles. The maximum absolute atomic E-state index is 14.4. The molecule has 0 bridgehead atoms. The number of fused-ring (bicyclic) bond motifs is 1. The van der Waals surface area contributed by atoms with Crippen LogP contribution in [-0.2, 0) is 22.4 Å². The van der Waals surface area contributed by atoms with Gasteiger partial charge in [0.15, 0.2) is 0 Å². The number of hydrogen-bond acceptors (Lipinski definition) is 3. The van der Waals surface area contributed by atoms with Gasteiger partial charge in [0.1, 0.15) is 11.6 Å². The zero-order valence-electron chi connectivity index (χ0n) is 15.2. The molecule has 1 aliphatic heterocycles. The number of nitrogens with zero attached hydrogens (tertiary/aromatic N) is 1. The third kappa shape index (κ3) is 3.56. The van der Waals surface area contributed by atoms with Crippen LogP contribution in [0.5, 0.6) is 0 Å². The van der Waals surface area contributed by atoms with Crippen molar-refractivity contribution >= 4 is 32.8 Å². The first-order valence-electron chi connectivity index (χ1n) is 8.91. The predicted molar refractivity (Wildman–Crippen MR) is 104 cm³/mol. The summed E-state index contributed by atoms with van der Waals surface area (Å²) in [7, 11) is 1.34. The summed E-state index contributed by atoms with van der Waals surface area (Å²) in [6, 6.07) is 9.59. The van der Waals surface area contributed by atoms with Gasteiger partial charge in [-0.05, 0) is 63.6 Å². The number of carbonyl (C=O) groups excluding carboxylic acids is 1. The Morgan fingerprint density at radius 3 is 2.71 bits per heavy atom. The molecule has 146 valence electrons. The number of carbonyl (C=O) groups is 1. The Morgan fingerprint density at radius 1 is 1.25 bits per heavy atom. The molecule has 28 heavy (non-hydrogen) atoms. The lowest BCUT2D eigenvalue weighted by molar-refractivity contribution is -0.0588. The molecule has 0 saturated carbocycles. The molecular formula is C21H18BrF2NO3. The summed E-state index contributed by atoms with van der Waals surface area (Å²) < 4.78 is 40.8. The van der Waals surface area contributed by atoms with Crippen LogP contribution < -0.4 is 0 Å². The zero-order chi connectivity index (χ0) is 19.8. The van der Waals surface area contributed by atoms with Crippen LogP contribution in [0.25, 0.3) is 10.9 Å². The van der Waals surface area contributed by atoms with Gasteiger partial charge in [-0.25, -0.2) is 13.6 Å². The molecule has 0 radical (unpaired) electrons.